The summed E-state index contributed by atoms with van der Waals surface area (Å²) in [7, 11) is 2.16. The monoisotopic (exact) mass is 364 g/mol. The van der Waals surface area contributed by atoms with Crippen molar-refractivity contribution < 1.29 is 5.11 Å². The lowest BCUT2D eigenvalue weighted by atomic mass is 10.1. The maximum atomic E-state index is 11.2. The molecule has 144 valence electrons. The van der Waals surface area contributed by atoms with Crippen molar-refractivity contribution in [3.05, 3.63) is 71.8 Å². The molecule has 2 fully saturated rings. The summed E-state index contributed by atoms with van der Waals surface area (Å²) in [6.07, 6.45) is 4.59. The van der Waals surface area contributed by atoms with Gasteiger partial charge in [0.15, 0.2) is 0 Å². The van der Waals surface area contributed by atoms with Gasteiger partial charge in [-0.1, -0.05) is 60.7 Å². The first-order valence-electron chi connectivity index (χ1n) is 10.4. The third kappa shape index (κ3) is 4.78. The standard InChI is InChI=1S/C24H32N2O/c1-25(16-19-8-4-2-5-9-19)22-14-15-23(24(22)27)26(18-21-12-13-21)17-20-10-6-3-7-11-20/h2-11,21-24,27H,12-18H2,1H3/t22-,23-,24-/m1/s1. The van der Waals surface area contributed by atoms with Crippen molar-refractivity contribution >= 4 is 0 Å². The van der Waals surface area contributed by atoms with E-state index in [4.69, 9.17) is 0 Å². The number of rotatable bonds is 8. The van der Waals surface area contributed by atoms with Gasteiger partial charge in [0.05, 0.1) is 6.10 Å². The van der Waals surface area contributed by atoms with E-state index in [-0.39, 0.29) is 18.2 Å². The van der Waals surface area contributed by atoms with E-state index < -0.39 is 0 Å². The molecular weight excluding hydrogens is 332 g/mol. The van der Waals surface area contributed by atoms with Crippen LogP contribution in [0, 0.1) is 5.92 Å². The second-order valence-electron chi connectivity index (χ2n) is 8.46. The summed E-state index contributed by atoms with van der Waals surface area (Å²) < 4.78 is 0. The summed E-state index contributed by atoms with van der Waals surface area (Å²) >= 11 is 0. The van der Waals surface area contributed by atoms with Crippen LogP contribution in [-0.4, -0.2) is 46.7 Å². The van der Waals surface area contributed by atoms with Crippen LogP contribution < -0.4 is 0 Å². The molecule has 1 N–H and O–H groups in total. The highest BCUT2D eigenvalue weighted by atomic mass is 16.3. The summed E-state index contributed by atoms with van der Waals surface area (Å²) in [6, 6.07) is 21.8. The lowest BCUT2D eigenvalue weighted by Crippen LogP contribution is -2.47. The molecule has 3 atom stereocenters. The van der Waals surface area contributed by atoms with E-state index in [1.807, 2.05) is 0 Å². The van der Waals surface area contributed by atoms with Crippen LogP contribution in [0.15, 0.2) is 60.7 Å². The minimum absolute atomic E-state index is 0.243. The lowest BCUT2D eigenvalue weighted by molar-refractivity contribution is 0.0196. The second kappa shape index (κ2) is 8.55. The number of nitrogens with zero attached hydrogens (tertiary/aromatic N) is 2. The Bertz CT molecular complexity index is 701. The third-order valence-electron chi connectivity index (χ3n) is 6.27. The summed E-state index contributed by atoms with van der Waals surface area (Å²) in [4.78, 5) is 4.91. The molecule has 2 saturated carbocycles. The average Bonchev–Trinajstić information content (AvgIpc) is 3.42. The van der Waals surface area contributed by atoms with Gasteiger partial charge in [-0.05, 0) is 49.8 Å². The normalized spacial score (nSPS) is 25.4. The highest BCUT2D eigenvalue weighted by Crippen LogP contribution is 2.35. The van der Waals surface area contributed by atoms with E-state index >= 15 is 0 Å². The summed E-state index contributed by atoms with van der Waals surface area (Å²) in [6.45, 7) is 2.98. The van der Waals surface area contributed by atoms with Crippen LogP contribution >= 0.6 is 0 Å². The summed E-state index contributed by atoms with van der Waals surface area (Å²) in [5.74, 6) is 0.835. The van der Waals surface area contributed by atoms with Crippen molar-refractivity contribution in [1.82, 2.24) is 9.80 Å². The molecule has 0 bridgehead atoms. The van der Waals surface area contributed by atoms with Crippen LogP contribution in [0.4, 0.5) is 0 Å². The Hall–Kier alpha value is -1.68. The molecule has 0 radical (unpaired) electrons. The summed E-state index contributed by atoms with van der Waals surface area (Å²) in [5, 5.41) is 11.2. The first-order valence-corrected chi connectivity index (χ1v) is 10.4. The zero-order valence-corrected chi connectivity index (χ0v) is 16.4. The van der Waals surface area contributed by atoms with Gasteiger partial charge in [0.1, 0.15) is 0 Å². The molecule has 0 aliphatic heterocycles. The van der Waals surface area contributed by atoms with Gasteiger partial charge >= 0.3 is 0 Å². The molecule has 3 heteroatoms. The Kier molecular flexibility index (Phi) is 5.92. The molecule has 4 rings (SSSR count). The Labute approximate surface area is 163 Å². The fourth-order valence-corrected chi connectivity index (χ4v) is 4.58. The number of hydrogen-bond donors (Lipinski definition) is 1. The number of likely N-dealkylation sites (N-methyl/N-ethyl adjacent to an activating group) is 1. The van der Waals surface area contributed by atoms with Crippen LogP contribution in [0.1, 0.15) is 36.8 Å². The smallest absolute Gasteiger partial charge is 0.0850 e. The van der Waals surface area contributed by atoms with E-state index in [0.717, 1.165) is 38.4 Å². The second-order valence-corrected chi connectivity index (χ2v) is 8.46. The topological polar surface area (TPSA) is 26.7 Å². The molecule has 0 heterocycles. The third-order valence-corrected chi connectivity index (χ3v) is 6.27. The quantitative estimate of drug-likeness (QED) is 0.769. The average molecular weight is 365 g/mol. The molecule has 3 nitrogen and oxygen atoms in total. The molecule has 2 aliphatic carbocycles. The van der Waals surface area contributed by atoms with E-state index in [2.05, 4.69) is 77.5 Å². The summed E-state index contributed by atoms with van der Waals surface area (Å²) in [5.41, 5.74) is 2.67. The Morgan fingerprint density at radius 2 is 1.33 bits per heavy atom. The van der Waals surface area contributed by atoms with Crippen molar-refractivity contribution in [2.24, 2.45) is 5.92 Å². The van der Waals surface area contributed by atoms with Gasteiger partial charge in [-0.15, -0.1) is 0 Å². The van der Waals surface area contributed by atoms with Gasteiger partial charge in [0.2, 0.25) is 0 Å². The molecular formula is C24H32N2O. The number of aliphatic hydroxyl groups excluding tert-OH is 1. The molecule has 0 amide bonds. The van der Waals surface area contributed by atoms with Crippen molar-refractivity contribution in [2.75, 3.05) is 13.6 Å². The number of aliphatic hydroxyl groups is 1. The molecule has 0 saturated heterocycles. The maximum absolute atomic E-state index is 11.2. The van der Waals surface area contributed by atoms with E-state index in [1.54, 1.807) is 0 Å². The predicted octanol–water partition coefficient (Wildman–Crippen LogP) is 3.92. The van der Waals surface area contributed by atoms with Crippen LogP contribution in [0.25, 0.3) is 0 Å². The van der Waals surface area contributed by atoms with Gasteiger partial charge in [0, 0.05) is 31.7 Å². The zero-order valence-electron chi connectivity index (χ0n) is 16.4. The van der Waals surface area contributed by atoms with E-state index in [0.29, 0.717) is 0 Å². The first kappa shape index (κ1) is 18.7. The van der Waals surface area contributed by atoms with Crippen molar-refractivity contribution in [3.8, 4) is 0 Å². The van der Waals surface area contributed by atoms with Crippen LogP contribution in [0.5, 0.6) is 0 Å². The number of benzene rings is 2. The van der Waals surface area contributed by atoms with Gasteiger partial charge in [-0.25, -0.2) is 0 Å². The maximum Gasteiger partial charge on any atom is 0.0850 e. The molecule has 0 spiro atoms. The van der Waals surface area contributed by atoms with Gasteiger partial charge < -0.3 is 5.11 Å². The SMILES string of the molecule is CN(Cc1ccccc1)[C@@H]1CC[C@@H](N(Cc2ccccc2)CC2CC2)[C@@H]1O. The first-order chi connectivity index (χ1) is 13.2. The molecule has 2 aliphatic rings. The van der Waals surface area contributed by atoms with Crippen LogP contribution in [-0.2, 0) is 13.1 Å². The van der Waals surface area contributed by atoms with Crippen molar-refractivity contribution in [1.29, 1.82) is 0 Å². The molecule has 0 aromatic heterocycles. The zero-order chi connectivity index (χ0) is 18.6. The Morgan fingerprint density at radius 1 is 0.778 bits per heavy atom. The van der Waals surface area contributed by atoms with Crippen molar-refractivity contribution in [3.63, 3.8) is 0 Å². The Morgan fingerprint density at radius 3 is 1.93 bits per heavy atom. The molecule has 27 heavy (non-hydrogen) atoms. The molecule has 2 aromatic rings. The van der Waals surface area contributed by atoms with Crippen LogP contribution in [0.2, 0.25) is 0 Å². The van der Waals surface area contributed by atoms with Crippen molar-refractivity contribution in [2.45, 2.75) is 57.0 Å². The number of hydrogen-bond acceptors (Lipinski definition) is 3. The highest BCUT2D eigenvalue weighted by molar-refractivity contribution is 5.16. The molecule has 0 unspecified atom stereocenters. The fraction of sp³-hybridized carbons (Fsp3) is 0.500. The largest absolute Gasteiger partial charge is 0.390 e. The van der Waals surface area contributed by atoms with Gasteiger partial charge in [0.25, 0.3) is 0 Å². The van der Waals surface area contributed by atoms with E-state index in [9.17, 15) is 5.11 Å². The molecule has 2 aromatic carbocycles. The minimum Gasteiger partial charge on any atom is -0.390 e. The van der Waals surface area contributed by atoms with Gasteiger partial charge in [-0.3, -0.25) is 9.80 Å². The fourth-order valence-electron chi connectivity index (χ4n) is 4.58. The van der Waals surface area contributed by atoms with Gasteiger partial charge in [-0.2, -0.15) is 0 Å². The predicted molar refractivity (Wildman–Crippen MR) is 110 cm³/mol. The highest BCUT2D eigenvalue weighted by Gasteiger charge is 2.41. The van der Waals surface area contributed by atoms with Crippen LogP contribution in [0.3, 0.4) is 0 Å². The Balaban J connectivity index is 1.42. The van der Waals surface area contributed by atoms with E-state index in [1.165, 1.54) is 24.0 Å². The lowest BCUT2D eigenvalue weighted by Gasteiger charge is -2.34. The minimum atomic E-state index is -0.277.